The lowest BCUT2D eigenvalue weighted by molar-refractivity contribution is -0.117. The van der Waals surface area contributed by atoms with Gasteiger partial charge in [0.25, 0.3) is 0 Å². The second-order valence-corrected chi connectivity index (χ2v) is 3.23. The van der Waals surface area contributed by atoms with Gasteiger partial charge >= 0.3 is 0 Å². The summed E-state index contributed by atoms with van der Waals surface area (Å²) in [4.78, 5) is 10.8. The van der Waals surface area contributed by atoms with Crippen molar-refractivity contribution in [1.29, 1.82) is 0 Å². The molecule has 0 amide bonds. The van der Waals surface area contributed by atoms with E-state index in [2.05, 4.69) is 6.92 Å². The molecule has 1 fully saturated rings. The number of hydrogen-bond donors (Lipinski definition) is 1. The Morgan fingerprint density at radius 1 is 1.78 bits per heavy atom. The minimum absolute atomic E-state index is 0.136. The standard InChI is InChI=1S/C7H13NO/c1-7(5-8)3-2-6(9)4-7/h2-5,8H2,1H3. The quantitative estimate of drug-likeness (QED) is 0.563. The van der Waals surface area contributed by atoms with Gasteiger partial charge in [0.1, 0.15) is 5.78 Å². The average Bonchev–Trinajstić information content (AvgIpc) is 2.13. The molecular weight excluding hydrogens is 114 g/mol. The van der Waals surface area contributed by atoms with Gasteiger partial charge in [-0.3, -0.25) is 4.79 Å². The molecule has 0 aromatic heterocycles. The third kappa shape index (κ3) is 1.30. The molecule has 1 rings (SSSR count). The Morgan fingerprint density at radius 3 is 2.67 bits per heavy atom. The summed E-state index contributed by atoms with van der Waals surface area (Å²) in [5.74, 6) is 0.378. The van der Waals surface area contributed by atoms with Gasteiger partial charge in [-0.1, -0.05) is 6.92 Å². The molecule has 0 aromatic rings. The fourth-order valence-electron chi connectivity index (χ4n) is 1.27. The maximum Gasteiger partial charge on any atom is 0.133 e. The van der Waals surface area contributed by atoms with Crippen LogP contribution in [0.2, 0.25) is 0 Å². The Labute approximate surface area is 55.4 Å². The van der Waals surface area contributed by atoms with Gasteiger partial charge < -0.3 is 5.73 Å². The smallest absolute Gasteiger partial charge is 0.133 e. The van der Waals surface area contributed by atoms with Crippen LogP contribution in [0, 0.1) is 5.41 Å². The lowest BCUT2D eigenvalue weighted by Crippen LogP contribution is -2.23. The molecule has 0 saturated heterocycles. The van der Waals surface area contributed by atoms with Crippen LogP contribution in [0.4, 0.5) is 0 Å². The molecule has 1 atom stereocenters. The Hall–Kier alpha value is -0.370. The van der Waals surface area contributed by atoms with E-state index in [4.69, 9.17) is 5.73 Å². The average molecular weight is 127 g/mol. The number of hydrogen-bond acceptors (Lipinski definition) is 2. The van der Waals surface area contributed by atoms with Crippen molar-refractivity contribution in [3.63, 3.8) is 0 Å². The highest BCUT2D eigenvalue weighted by molar-refractivity contribution is 5.81. The number of nitrogens with two attached hydrogens (primary N) is 1. The first-order valence-electron chi connectivity index (χ1n) is 3.38. The Morgan fingerprint density at radius 2 is 2.44 bits per heavy atom. The molecule has 1 aliphatic rings. The zero-order valence-corrected chi connectivity index (χ0v) is 5.81. The monoisotopic (exact) mass is 127 g/mol. The second kappa shape index (κ2) is 2.10. The molecule has 1 unspecified atom stereocenters. The molecule has 0 heterocycles. The van der Waals surface area contributed by atoms with Gasteiger partial charge in [0.2, 0.25) is 0 Å². The van der Waals surface area contributed by atoms with Crippen molar-refractivity contribution in [2.24, 2.45) is 11.1 Å². The highest BCUT2D eigenvalue weighted by atomic mass is 16.1. The largest absolute Gasteiger partial charge is 0.330 e. The number of carbonyl (C=O) groups is 1. The summed E-state index contributed by atoms with van der Waals surface area (Å²) in [5, 5.41) is 0. The molecule has 2 heteroatoms. The third-order valence-electron chi connectivity index (χ3n) is 2.12. The molecule has 2 nitrogen and oxygen atoms in total. The van der Waals surface area contributed by atoms with Crippen molar-refractivity contribution in [2.45, 2.75) is 26.2 Å². The lowest BCUT2D eigenvalue weighted by atomic mass is 9.89. The summed E-state index contributed by atoms with van der Waals surface area (Å²) in [7, 11) is 0. The van der Waals surface area contributed by atoms with Gasteiger partial charge in [-0.05, 0) is 18.4 Å². The van der Waals surface area contributed by atoms with E-state index in [1.165, 1.54) is 0 Å². The zero-order chi connectivity index (χ0) is 6.91. The van der Waals surface area contributed by atoms with Crippen LogP contribution in [0.1, 0.15) is 26.2 Å². The normalized spacial score (nSPS) is 35.6. The molecule has 0 radical (unpaired) electrons. The molecule has 0 bridgehead atoms. The number of carbonyl (C=O) groups excluding carboxylic acids is 1. The molecule has 0 aromatic carbocycles. The summed E-state index contributed by atoms with van der Waals surface area (Å²) < 4.78 is 0. The first kappa shape index (κ1) is 6.75. The van der Waals surface area contributed by atoms with Gasteiger partial charge in [-0.15, -0.1) is 0 Å². The van der Waals surface area contributed by atoms with E-state index in [1.54, 1.807) is 0 Å². The van der Waals surface area contributed by atoms with E-state index < -0.39 is 0 Å². The summed E-state index contributed by atoms with van der Waals surface area (Å²) in [6.45, 7) is 2.73. The lowest BCUT2D eigenvalue weighted by Gasteiger charge is -2.18. The van der Waals surface area contributed by atoms with Crippen molar-refractivity contribution in [3.8, 4) is 0 Å². The van der Waals surface area contributed by atoms with Crippen molar-refractivity contribution in [2.75, 3.05) is 6.54 Å². The Bertz CT molecular complexity index is 133. The zero-order valence-electron chi connectivity index (χ0n) is 5.81. The van der Waals surface area contributed by atoms with Crippen LogP contribution in [0.3, 0.4) is 0 Å². The fourth-order valence-corrected chi connectivity index (χ4v) is 1.27. The molecular formula is C7H13NO. The summed E-state index contributed by atoms with van der Waals surface area (Å²) >= 11 is 0. The molecule has 0 aliphatic heterocycles. The SMILES string of the molecule is CC1(CN)CCC(=O)C1. The van der Waals surface area contributed by atoms with Crippen LogP contribution in [0.15, 0.2) is 0 Å². The molecule has 1 saturated carbocycles. The first-order valence-corrected chi connectivity index (χ1v) is 3.38. The third-order valence-corrected chi connectivity index (χ3v) is 2.12. The minimum Gasteiger partial charge on any atom is -0.330 e. The van der Waals surface area contributed by atoms with E-state index >= 15 is 0 Å². The van der Waals surface area contributed by atoms with Crippen LogP contribution in [0.5, 0.6) is 0 Å². The molecule has 9 heavy (non-hydrogen) atoms. The van der Waals surface area contributed by atoms with E-state index in [1.807, 2.05) is 0 Å². The molecule has 2 N–H and O–H groups in total. The maximum absolute atomic E-state index is 10.8. The topological polar surface area (TPSA) is 43.1 Å². The molecule has 0 spiro atoms. The van der Waals surface area contributed by atoms with Gasteiger partial charge in [0.15, 0.2) is 0 Å². The summed E-state index contributed by atoms with van der Waals surface area (Å²) in [5.41, 5.74) is 5.61. The number of ketones is 1. The number of rotatable bonds is 1. The first-order chi connectivity index (χ1) is 4.16. The van der Waals surface area contributed by atoms with Crippen molar-refractivity contribution < 1.29 is 4.79 Å². The van der Waals surface area contributed by atoms with Crippen LogP contribution < -0.4 is 5.73 Å². The van der Waals surface area contributed by atoms with E-state index in [0.29, 0.717) is 18.7 Å². The van der Waals surface area contributed by atoms with Crippen molar-refractivity contribution in [3.05, 3.63) is 0 Å². The maximum atomic E-state index is 10.8. The van der Waals surface area contributed by atoms with Gasteiger partial charge in [-0.25, -0.2) is 0 Å². The fraction of sp³-hybridized carbons (Fsp3) is 0.857. The Balaban J connectivity index is 2.54. The Kier molecular flexibility index (Phi) is 1.58. The predicted molar refractivity (Wildman–Crippen MR) is 36.0 cm³/mol. The summed E-state index contributed by atoms with van der Waals surface area (Å²) in [6, 6.07) is 0. The number of Topliss-reactive ketones (excluding diaryl/α,β-unsaturated/α-hetero) is 1. The van der Waals surface area contributed by atoms with Gasteiger partial charge in [0, 0.05) is 12.8 Å². The van der Waals surface area contributed by atoms with E-state index in [9.17, 15) is 4.79 Å². The van der Waals surface area contributed by atoms with Crippen LogP contribution in [-0.4, -0.2) is 12.3 Å². The van der Waals surface area contributed by atoms with Crippen molar-refractivity contribution >= 4 is 5.78 Å². The van der Waals surface area contributed by atoms with Crippen molar-refractivity contribution in [1.82, 2.24) is 0 Å². The van der Waals surface area contributed by atoms with E-state index in [0.717, 1.165) is 12.8 Å². The minimum atomic E-state index is 0.136. The van der Waals surface area contributed by atoms with E-state index in [-0.39, 0.29) is 5.41 Å². The van der Waals surface area contributed by atoms with Crippen LogP contribution in [0.25, 0.3) is 0 Å². The summed E-state index contributed by atoms with van der Waals surface area (Å²) in [6.07, 6.45) is 2.43. The van der Waals surface area contributed by atoms with Crippen LogP contribution >= 0.6 is 0 Å². The highest BCUT2D eigenvalue weighted by Crippen LogP contribution is 2.33. The molecule has 1 aliphatic carbocycles. The second-order valence-electron chi connectivity index (χ2n) is 3.23. The van der Waals surface area contributed by atoms with Crippen LogP contribution in [-0.2, 0) is 4.79 Å². The highest BCUT2D eigenvalue weighted by Gasteiger charge is 2.32. The predicted octanol–water partition coefficient (Wildman–Crippen LogP) is 0.704. The van der Waals surface area contributed by atoms with Gasteiger partial charge in [0.05, 0.1) is 0 Å². The molecule has 52 valence electrons. The van der Waals surface area contributed by atoms with Gasteiger partial charge in [-0.2, -0.15) is 0 Å².